The molecule has 1 fully saturated rings. The quantitative estimate of drug-likeness (QED) is 0.816. The summed E-state index contributed by atoms with van der Waals surface area (Å²) in [5, 5.41) is 4.52. The second-order valence-electron chi connectivity index (χ2n) is 6.82. The zero-order chi connectivity index (χ0) is 14.4. The van der Waals surface area contributed by atoms with Crippen molar-refractivity contribution in [3.63, 3.8) is 0 Å². The van der Waals surface area contributed by atoms with Crippen molar-refractivity contribution in [2.45, 2.75) is 60.9 Å². The fraction of sp³-hybridized carbons (Fsp3) is 0.750. The van der Waals surface area contributed by atoms with E-state index < -0.39 is 0 Å². The predicted octanol–water partition coefficient (Wildman–Crippen LogP) is 3.26. The third-order valence-corrected chi connectivity index (χ3v) is 5.27. The van der Waals surface area contributed by atoms with Crippen LogP contribution in [0.2, 0.25) is 0 Å². The van der Waals surface area contributed by atoms with Gasteiger partial charge < -0.3 is 0 Å². The van der Waals surface area contributed by atoms with Crippen molar-refractivity contribution in [2.24, 2.45) is 16.7 Å². The van der Waals surface area contributed by atoms with Crippen molar-refractivity contribution in [3.05, 3.63) is 17.5 Å². The second kappa shape index (κ2) is 4.46. The molecule has 0 aromatic carbocycles. The van der Waals surface area contributed by atoms with Crippen LogP contribution in [0.4, 0.5) is 0 Å². The van der Waals surface area contributed by atoms with Crippen LogP contribution in [0.25, 0.3) is 0 Å². The zero-order valence-corrected chi connectivity index (χ0v) is 13.1. The standard InChI is InChI=1S/C16H26N2O/c1-7-11-9-12(18(8-2)17-11)10-13(19)14-15(3,4)16(14,5)6/h9,14H,7-8,10H2,1-6H3. The molecule has 2 rings (SSSR count). The Labute approximate surface area is 116 Å². The molecule has 0 aliphatic heterocycles. The first-order chi connectivity index (χ1) is 8.75. The molecule has 1 aliphatic carbocycles. The summed E-state index contributed by atoms with van der Waals surface area (Å²) in [7, 11) is 0. The molecule has 0 saturated heterocycles. The van der Waals surface area contributed by atoms with Crippen LogP contribution in [0.5, 0.6) is 0 Å². The lowest BCUT2D eigenvalue weighted by atomic mass is 10.0. The zero-order valence-electron chi connectivity index (χ0n) is 13.1. The maximum absolute atomic E-state index is 12.5. The third kappa shape index (κ3) is 2.13. The molecule has 0 unspecified atom stereocenters. The summed E-state index contributed by atoms with van der Waals surface area (Å²) in [6.07, 6.45) is 1.45. The summed E-state index contributed by atoms with van der Waals surface area (Å²) in [4.78, 5) is 12.5. The number of aromatic nitrogens is 2. The van der Waals surface area contributed by atoms with Crippen LogP contribution in [0.1, 0.15) is 52.9 Å². The van der Waals surface area contributed by atoms with E-state index in [2.05, 4.69) is 52.7 Å². The molecule has 3 nitrogen and oxygen atoms in total. The molecular formula is C16H26N2O. The lowest BCUT2D eigenvalue weighted by Crippen LogP contribution is -2.14. The van der Waals surface area contributed by atoms with E-state index in [1.807, 2.05) is 4.68 Å². The summed E-state index contributed by atoms with van der Waals surface area (Å²) >= 11 is 0. The van der Waals surface area contributed by atoms with Crippen molar-refractivity contribution in [1.82, 2.24) is 9.78 Å². The van der Waals surface area contributed by atoms with E-state index in [9.17, 15) is 4.79 Å². The Bertz CT molecular complexity index is 483. The number of Topliss-reactive ketones (excluding diaryl/α,β-unsaturated/α-hetero) is 1. The number of nitrogens with zero attached hydrogens (tertiary/aromatic N) is 2. The number of hydrogen-bond acceptors (Lipinski definition) is 2. The highest BCUT2D eigenvalue weighted by Gasteiger charge is 2.67. The minimum atomic E-state index is 0.134. The second-order valence-corrected chi connectivity index (χ2v) is 6.82. The molecule has 1 heterocycles. The molecule has 106 valence electrons. The average Bonchev–Trinajstić information content (AvgIpc) is 2.63. The van der Waals surface area contributed by atoms with Gasteiger partial charge in [-0.1, -0.05) is 34.6 Å². The molecule has 1 aliphatic rings. The minimum absolute atomic E-state index is 0.134. The van der Waals surface area contributed by atoms with Crippen molar-refractivity contribution in [1.29, 1.82) is 0 Å². The average molecular weight is 262 g/mol. The maximum Gasteiger partial charge on any atom is 0.143 e. The van der Waals surface area contributed by atoms with Gasteiger partial charge in [0, 0.05) is 24.6 Å². The Hall–Kier alpha value is -1.12. The van der Waals surface area contributed by atoms with Crippen LogP contribution < -0.4 is 0 Å². The number of ketones is 1. The lowest BCUT2D eigenvalue weighted by molar-refractivity contribution is -0.120. The molecule has 0 amide bonds. The van der Waals surface area contributed by atoms with E-state index in [4.69, 9.17) is 0 Å². The maximum atomic E-state index is 12.5. The van der Waals surface area contributed by atoms with E-state index in [0.29, 0.717) is 12.2 Å². The van der Waals surface area contributed by atoms with Crippen molar-refractivity contribution in [2.75, 3.05) is 0 Å². The van der Waals surface area contributed by atoms with Gasteiger partial charge in [-0.2, -0.15) is 5.10 Å². The Morgan fingerprint density at radius 3 is 2.26 bits per heavy atom. The smallest absolute Gasteiger partial charge is 0.143 e. The first-order valence-electron chi connectivity index (χ1n) is 7.34. The molecule has 0 bridgehead atoms. The van der Waals surface area contributed by atoms with Crippen LogP contribution in [-0.4, -0.2) is 15.6 Å². The molecule has 0 spiro atoms. The monoisotopic (exact) mass is 262 g/mol. The Morgan fingerprint density at radius 2 is 1.84 bits per heavy atom. The van der Waals surface area contributed by atoms with Gasteiger partial charge in [0.15, 0.2) is 0 Å². The fourth-order valence-electron chi connectivity index (χ4n) is 3.39. The molecule has 3 heteroatoms. The largest absolute Gasteiger partial charge is 0.299 e. The molecular weight excluding hydrogens is 236 g/mol. The van der Waals surface area contributed by atoms with E-state index in [1.165, 1.54) is 0 Å². The van der Waals surface area contributed by atoms with E-state index in [-0.39, 0.29) is 16.7 Å². The van der Waals surface area contributed by atoms with Gasteiger partial charge >= 0.3 is 0 Å². The van der Waals surface area contributed by atoms with E-state index in [0.717, 1.165) is 24.4 Å². The Morgan fingerprint density at radius 1 is 1.26 bits per heavy atom. The third-order valence-electron chi connectivity index (χ3n) is 5.27. The molecule has 1 aromatic rings. The van der Waals surface area contributed by atoms with Crippen molar-refractivity contribution in [3.8, 4) is 0 Å². The number of hydrogen-bond donors (Lipinski definition) is 0. The molecule has 0 N–H and O–H groups in total. The topological polar surface area (TPSA) is 34.9 Å². The van der Waals surface area contributed by atoms with E-state index >= 15 is 0 Å². The van der Waals surface area contributed by atoms with Crippen LogP contribution in [0.15, 0.2) is 6.07 Å². The predicted molar refractivity (Wildman–Crippen MR) is 77.0 cm³/mol. The van der Waals surface area contributed by atoms with Gasteiger partial charge in [-0.25, -0.2) is 0 Å². The SMILES string of the molecule is CCc1cc(CC(=O)C2C(C)(C)C2(C)C)n(CC)n1. The first kappa shape index (κ1) is 14.3. The van der Waals surface area contributed by atoms with Gasteiger partial charge in [-0.3, -0.25) is 9.48 Å². The normalized spacial score (nSPS) is 20.5. The number of carbonyl (C=O) groups is 1. The molecule has 0 radical (unpaired) electrons. The van der Waals surface area contributed by atoms with Gasteiger partial charge in [0.1, 0.15) is 5.78 Å². The summed E-state index contributed by atoms with van der Waals surface area (Å²) in [6, 6.07) is 2.09. The van der Waals surface area contributed by atoms with Gasteiger partial charge in [-0.15, -0.1) is 0 Å². The highest BCUT2D eigenvalue weighted by Crippen LogP contribution is 2.68. The number of rotatable bonds is 5. The van der Waals surface area contributed by atoms with Gasteiger partial charge in [0.25, 0.3) is 0 Å². The molecule has 1 saturated carbocycles. The van der Waals surface area contributed by atoms with Crippen molar-refractivity contribution < 1.29 is 4.79 Å². The lowest BCUT2D eigenvalue weighted by Gasteiger charge is -2.05. The Kier molecular flexibility index (Phi) is 3.36. The minimum Gasteiger partial charge on any atom is -0.299 e. The van der Waals surface area contributed by atoms with Gasteiger partial charge in [-0.05, 0) is 30.2 Å². The fourth-order valence-corrected chi connectivity index (χ4v) is 3.39. The van der Waals surface area contributed by atoms with E-state index in [1.54, 1.807) is 0 Å². The molecule has 0 atom stereocenters. The Balaban J connectivity index is 2.15. The highest BCUT2D eigenvalue weighted by molar-refractivity contribution is 5.87. The van der Waals surface area contributed by atoms with Crippen LogP contribution >= 0.6 is 0 Å². The summed E-state index contributed by atoms with van der Waals surface area (Å²) in [6.45, 7) is 13.8. The summed E-state index contributed by atoms with van der Waals surface area (Å²) < 4.78 is 1.97. The number of aryl methyl sites for hydroxylation is 2. The van der Waals surface area contributed by atoms with Crippen LogP contribution in [0.3, 0.4) is 0 Å². The first-order valence-corrected chi connectivity index (χ1v) is 7.34. The van der Waals surface area contributed by atoms with Crippen molar-refractivity contribution >= 4 is 5.78 Å². The van der Waals surface area contributed by atoms with Gasteiger partial charge in [0.2, 0.25) is 0 Å². The summed E-state index contributed by atoms with van der Waals surface area (Å²) in [5.74, 6) is 0.553. The highest BCUT2D eigenvalue weighted by atomic mass is 16.1. The molecule has 19 heavy (non-hydrogen) atoms. The van der Waals surface area contributed by atoms with Crippen LogP contribution in [-0.2, 0) is 24.2 Å². The number of carbonyl (C=O) groups excluding carboxylic acids is 1. The molecule has 1 aromatic heterocycles. The summed E-state index contributed by atoms with van der Waals surface area (Å²) in [5.41, 5.74) is 2.42. The van der Waals surface area contributed by atoms with Gasteiger partial charge in [0.05, 0.1) is 5.69 Å². The van der Waals surface area contributed by atoms with Crippen LogP contribution in [0, 0.1) is 16.7 Å².